The van der Waals surface area contributed by atoms with Gasteiger partial charge in [-0.15, -0.1) is 0 Å². The summed E-state index contributed by atoms with van der Waals surface area (Å²) >= 11 is 3.27. The molecule has 2 aromatic carbocycles. The highest BCUT2D eigenvalue weighted by atomic mass is 79.9. The zero-order valence-electron chi connectivity index (χ0n) is 10.1. The van der Waals surface area contributed by atoms with Gasteiger partial charge in [-0.3, -0.25) is 4.79 Å². The first-order valence-electron chi connectivity index (χ1n) is 5.62. The Balaban J connectivity index is 2.21. The molecule has 0 aliphatic heterocycles. The van der Waals surface area contributed by atoms with E-state index in [-0.39, 0.29) is 0 Å². The zero-order valence-corrected chi connectivity index (χ0v) is 11.7. The summed E-state index contributed by atoms with van der Waals surface area (Å²) in [5.41, 5.74) is 0.859. The van der Waals surface area contributed by atoms with Gasteiger partial charge in [0.2, 0.25) is 0 Å². The molecule has 6 heteroatoms. The van der Waals surface area contributed by atoms with Crippen LogP contribution in [0.4, 0.5) is 18.9 Å². The molecule has 20 heavy (non-hydrogen) atoms. The van der Waals surface area contributed by atoms with E-state index in [0.717, 1.165) is 17.7 Å². The van der Waals surface area contributed by atoms with Crippen molar-refractivity contribution in [1.29, 1.82) is 0 Å². The van der Waals surface area contributed by atoms with E-state index < -0.39 is 29.0 Å². The van der Waals surface area contributed by atoms with Gasteiger partial charge in [0.15, 0.2) is 17.5 Å². The fraction of sp³-hybridized carbons (Fsp3) is 0.0714. The molecule has 0 unspecified atom stereocenters. The minimum atomic E-state index is -1.61. The van der Waals surface area contributed by atoms with E-state index in [1.807, 2.05) is 0 Å². The van der Waals surface area contributed by atoms with Crippen LogP contribution >= 0.6 is 15.9 Å². The third-order valence-corrected chi connectivity index (χ3v) is 3.30. The number of benzene rings is 2. The van der Waals surface area contributed by atoms with Crippen LogP contribution in [0.1, 0.15) is 15.9 Å². The molecular formula is C14H9BrF3NO. The normalized spacial score (nSPS) is 10.4. The molecule has 0 bridgehead atoms. The molecule has 0 aromatic heterocycles. The number of amides is 1. The zero-order chi connectivity index (χ0) is 14.7. The lowest BCUT2D eigenvalue weighted by Crippen LogP contribution is -2.13. The minimum Gasteiger partial charge on any atom is -0.319 e. The van der Waals surface area contributed by atoms with Crippen LogP contribution in [0.25, 0.3) is 0 Å². The third-order valence-electron chi connectivity index (χ3n) is 2.65. The van der Waals surface area contributed by atoms with Crippen molar-refractivity contribution in [3.8, 4) is 0 Å². The number of carbonyl (C=O) groups excluding carboxylic acids is 1. The first-order valence-corrected chi connectivity index (χ1v) is 6.75. The van der Waals surface area contributed by atoms with Crippen molar-refractivity contribution in [3.05, 3.63) is 65.0 Å². The van der Waals surface area contributed by atoms with Gasteiger partial charge in [-0.1, -0.05) is 28.1 Å². The van der Waals surface area contributed by atoms with Gasteiger partial charge in [0, 0.05) is 10.9 Å². The maximum absolute atomic E-state index is 13.4. The highest BCUT2D eigenvalue weighted by molar-refractivity contribution is 9.08. The number of carbonyl (C=O) groups is 1. The van der Waals surface area contributed by atoms with Crippen LogP contribution in [0.15, 0.2) is 36.4 Å². The lowest BCUT2D eigenvalue weighted by atomic mass is 10.1. The van der Waals surface area contributed by atoms with Gasteiger partial charge in [0.1, 0.15) is 0 Å². The first kappa shape index (κ1) is 14.6. The monoisotopic (exact) mass is 343 g/mol. The van der Waals surface area contributed by atoms with E-state index in [0.29, 0.717) is 10.9 Å². The highest BCUT2D eigenvalue weighted by Gasteiger charge is 2.15. The summed E-state index contributed by atoms with van der Waals surface area (Å²) in [6.45, 7) is 0. The van der Waals surface area contributed by atoms with E-state index in [9.17, 15) is 18.0 Å². The molecule has 0 atom stereocenters. The van der Waals surface area contributed by atoms with Crippen molar-refractivity contribution in [3.63, 3.8) is 0 Å². The Morgan fingerprint density at radius 1 is 1.00 bits per heavy atom. The summed E-state index contributed by atoms with van der Waals surface area (Å²) in [6.07, 6.45) is 0. The Kier molecular flexibility index (Phi) is 4.44. The molecule has 104 valence electrons. The molecule has 0 saturated carbocycles. The highest BCUT2D eigenvalue weighted by Crippen LogP contribution is 2.20. The van der Waals surface area contributed by atoms with E-state index in [1.54, 1.807) is 24.3 Å². The van der Waals surface area contributed by atoms with Crippen LogP contribution in [0.2, 0.25) is 0 Å². The Labute approximate surface area is 121 Å². The lowest BCUT2D eigenvalue weighted by Gasteiger charge is -2.07. The first-order chi connectivity index (χ1) is 9.52. The molecule has 1 amide bonds. The predicted molar refractivity (Wildman–Crippen MR) is 73.3 cm³/mol. The Morgan fingerprint density at radius 2 is 1.65 bits per heavy atom. The molecular weight excluding hydrogens is 335 g/mol. The molecule has 0 radical (unpaired) electrons. The summed E-state index contributed by atoms with van der Waals surface area (Å²) in [4.78, 5) is 11.9. The van der Waals surface area contributed by atoms with E-state index in [4.69, 9.17) is 0 Å². The topological polar surface area (TPSA) is 29.1 Å². The molecule has 2 nitrogen and oxygen atoms in total. The number of anilines is 1. The third kappa shape index (κ3) is 3.01. The molecule has 0 heterocycles. The van der Waals surface area contributed by atoms with Crippen LogP contribution in [0, 0.1) is 17.5 Å². The number of rotatable bonds is 3. The molecule has 0 fully saturated rings. The molecule has 0 aliphatic rings. The second-order valence-corrected chi connectivity index (χ2v) is 4.57. The van der Waals surface area contributed by atoms with Gasteiger partial charge in [0.05, 0.1) is 5.69 Å². The number of halogens is 4. The van der Waals surface area contributed by atoms with Crippen LogP contribution in [-0.2, 0) is 5.33 Å². The number of nitrogens with one attached hydrogen (secondary N) is 1. The largest absolute Gasteiger partial charge is 0.319 e. The van der Waals surface area contributed by atoms with Crippen molar-refractivity contribution in [2.24, 2.45) is 0 Å². The van der Waals surface area contributed by atoms with Gasteiger partial charge in [-0.25, -0.2) is 13.2 Å². The van der Waals surface area contributed by atoms with Crippen molar-refractivity contribution >= 4 is 27.5 Å². The Morgan fingerprint density at radius 3 is 2.25 bits per heavy atom. The Bertz CT molecular complexity index is 644. The van der Waals surface area contributed by atoms with E-state index >= 15 is 0 Å². The minimum absolute atomic E-state index is 0.291. The fourth-order valence-electron chi connectivity index (χ4n) is 1.56. The van der Waals surface area contributed by atoms with Gasteiger partial charge in [0.25, 0.3) is 5.91 Å². The maximum atomic E-state index is 13.4. The molecule has 0 spiro atoms. The number of hydrogen-bond donors (Lipinski definition) is 1. The molecule has 0 saturated heterocycles. The van der Waals surface area contributed by atoms with E-state index in [2.05, 4.69) is 21.2 Å². The standard InChI is InChI=1S/C14H9BrF3NO/c15-7-8-1-3-9(4-2-8)14(20)19-11-6-5-10(16)12(17)13(11)18/h1-6H,7H2,(H,19,20). The fourth-order valence-corrected chi connectivity index (χ4v) is 1.94. The van der Waals surface area contributed by atoms with Crippen LogP contribution in [0.3, 0.4) is 0 Å². The van der Waals surface area contributed by atoms with Gasteiger partial charge in [-0.05, 0) is 29.8 Å². The van der Waals surface area contributed by atoms with Crippen LogP contribution in [-0.4, -0.2) is 5.91 Å². The van der Waals surface area contributed by atoms with E-state index in [1.165, 1.54) is 0 Å². The van der Waals surface area contributed by atoms with Crippen molar-refractivity contribution in [2.45, 2.75) is 5.33 Å². The summed E-state index contributed by atoms with van der Waals surface area (Å²) in [5, 5.41) is 2.85. The van der Waals surface area contributed by atoms with Gasteiger partial charge >= 0.3 is 0 Å². The molecule has 2 aromatic rings. The summed E-state index contributed by atoms with van der Waals surface area (Å²) in [5.74, 6) is -4.94. The van der Waals surface area contributed by atoms with Crippen molar-refractivity contribution in [2.75, 3.05) is 5.32 Å². The summed E-state index contributed by atoms with van der Waals surface area (Å²) < 4.78 is 39.2. The predicted octanol–water partition coefficient (Wildman–Crippen LogP) is 4.25. The van der Waals surface area contributed by atoms with Crippen molar-refractivity contribution < 1.29 is 18.0 Å². The molecule has 2 rings (SSSR count). The second-order valence-electron chi connectivity index (χ2n) is 4.01. The van der Waals surface area contributed by atoms with Gasteiger partial charge in [-0.2, -0.15) is 0 Å². The summed E-state index contributed by atoms with van der Waals surface area (Å²) in [6, 6.07) is 8.30. The second kappa shape index (κ2) is 6.09. The quantitative estimate of drug-likeness (QED) is 0.655. The summed E-state index contributed by atoms with van der Waals surface area (Å²) in [7, 11) is 0. The lowest BCUT2D eigenvalue weighted by molar-refractivity contribution is 0.102. The maximum Gasteiger partial charge on any atom is 0.255 e. The molecule has 1 N–H and O–H groups in total. The SMILES string of the molecule is O=C(Nc1ccc(F)c(F)c1F)c1ccc(CBr)cc1. The van der Waals surface area contributed by atoms with Crippen LogP contribution < -0.4 is 5.32 Å². The average Bonchev–Trinajstić information content (AvgIpc) is 2.48. The van der Waals surface area contributed by atoms with Crippen molar-refractivity contribution in [1.82, 2.24) is 0 Å². The van der Waals surface area contributed by atoms with Gasteiger partial charge < -0.3 is 5.32 Å². The average molecular weight is 344 g/mol. The molecule has 0 aliphatic carbocycles. The Hall–Kier alpha value is -1.82. The van der Waals surface area contributed by atoms with Crippen LogP contribution in [0.5, 0.6) is 0 Å². The smallest absolute Gasteiger partial charge is 0.255 e. The number of alkyl halides is 1. The number of hydrogen-bond acceptors (Lipinski definition) is 1.